The Balaban J connectivity index is 1.77. The van der Waals surface area contributed by atoms with Gasteiger partial charge in [-0.15, -0.1) is 6.58 Å². The number of hydrogen-bond acceptors (Lipinski definition) is 4. The van der Waals surface area contributed by atoms with E-state index >= 15 is 0 Å². The number of anilines is 1. The molecular formula is C21H35N5O. The molecule has 0 saturated carbocycles. The van der Waals surface area contributed by atoms with E-state index < -0.39 is 0 Å². The van der Waals surface area contributed by atoms with Crippen molar-refractivity contribution in [2.75, 3.05) is 45.2 Å². The van der Waals surface area contributed by atoms with Crippen molar-refractivity contribution < 1.29 is 4.74 Å². The van der Waals surface area contributed by atoms with Crippen LogP contribution >= 0.6 is 0 Å². The van der Waals surface area contributed by atoms with Gasteiger partial charge in [0.25, 0.3) is 0 Å². The van der Waals surface area contributed by atoms with Crippen LogP contribution in [-0.4, -0.2) is 62.3 Å². The second-order valence-corrected chi connectivity index (χ2v) is 7.11. The maximum atomic E-state index is 5.60. The fraction of sp³-hybridized carbons (Fsp3) is 0.619. The zero-order chi connectivity index (χ0) is 19.5. The number of guanidine groups is 1. The van der Waals surface area contributed by atoms with Crippen LogP contribution in [0.4, 0.5) is 5.82 Å². The minimum absolute atomic E-state index is 0.262. The van der Waals surface area contributed by atoms with E-state index in [4.69, 9.17) is 4.74 Å². The highest BCUT2D eigenvalue weighted by atomic mass is 16.5. The minimum atomic E-state index is 0.262. The van der Waals surface area contributed by atoms with Crippen LogP contribution < -0.4 is 10.2 Å². The third kappa shape index (κ3) is 7.21. The zero-order valence-corrected chi connectivity index (χ0v) is 17.2. The summed E-state index contributed by atoms with van der Waals surface area (Å²) in [6.07, 6.45) is 8.90. The van der Waals surface area contributed by atoms with E-state index in [0.717, 1.165) is 56.5 Å². The van der Waals surface area contributed by atoms with Crippen LogP contribution in [-0.2, 0) is 11.3 Å². The molecule has 1 fully saturated rings. The Bertz CT molecular complexity index is 587. The van der Waals surface area contributed by atoms with Gasteiger partial charge in [-0.1, -0.05) is 18.6 Å². The van der Waals surface area contributed by atoms with Gasteiger partial charge in [-0.25, -0.2) is 4.98 Å². The molecule has 0 bridgehead atoms. The molecule has 0 aliphatic carbocycles. The number of nitrogens with one attached hydrogen (secondary N) is 1. The predicted octanol–water partition coefficient (Wildman–Crippen LogP) is 3.06. The summed E-state index contributed by atoms with van der Waals surface area (Å²) in [5.41, 5.74) is 1.15. The van der Waals surface area contributed by atoms with Gasteiger partial charge in [0.1, 0.15) is 5.82 Å². The number of aliphatic imine (C=N–C) groups is 1. The topological polar surface area (TPSA) is 53.0 Å². The summed E-state index contributed by atoms with van der Waals surface area (Å²) in [6.45, 7) is 10.2. The number of allylic oxidation sites excluding steroid dienone is 1. The van der Waals surface area contributed by atoms with Gasteiger partial charge in [0, 0.05) is 46.5 Å². The van der Waals surface area contributed by atoms with Crippen LogP contribution in [0.2, 0.25) is 0 Å². The van der Waals surface area contributed by atoms with Crippen molar-refractivity contribution in [2.24, 2.45) is 4.99 Å². The number of unbranched alkanes of at least 4 members (excludes halogenated alkanes) is 3. The molecule has 6 heteroatoms. The molecule has 27 heavy (non-hydrogen) atoms. The fourth-order valence-electron chi connectivity index (χ4n) is 3.22. The van der Waals surface area contributed by atoms with Crippen molar-refractivity contribution >= 4 is 11.8 Å². The molecule has 1 aliphatic heterocycles. The first kappa shape index (κ1) is 21.2. The third-order valence-corrected chi connectivity index (χ3v) is 4.80. The summed E-state index contributed by atoms with van der Waals surface area (Å²) in [5.74, 6) is 1.94. The van der Waals surface area contributed by atoms with E-state index in [1.165, 1.54) is 19.3 Å². The second-order valence-electron chi connectivity index (χ2n) is 7.11. The predicted molar refractivity (Wildman–Crippen MR) is 113 cm³/mol. The Morgan fingerprint density at radius 2 is 2.30 bits per heavy atom. The lowest BCUT2D eigenvalue weighted by Crippen LogP contribution is -2.41. The smallest absolute Gasteiger partial charge is 0.193 e. The molecule has 1 aromatic heterocycles. The van der Waals surface area contributed by atoms with Crippen LogP contribution in [0, 0.1) is 0 Å². The molecular weight excluding hydrogens is 338 g/mol. The highest BCUT2D eigenvalue weighted by molar-refractivity contribution is 5.79. The van der Waals surface area contributed by atoms with Crippen LogP contribution in [0.3, 0.4) is 0 Å². The maximum absolute atomic E-state index is 5.60. The van der Waals surface area contributed by atoms with Crippen molar-refractivity contribution in [3.8, 4) is 0 Å². The maximum Gasteiger partial charge on any atom is 0.193 e. The van der Waals surface area contributed by atoms with Crippen LogP contribution in [0.15, 0.2) is 36.0 Å². The molecule has 0 radical (unpaired) electrons. The molecule has 1 N–H and O–H groups in total. The Hall–Kier alpha value is -2.08. The van der Waals surface area contributed by atoms with Crippen LogP contribution in [0.5, 0.6) is 0 Å². The largest absolute Gasteiger partial charge is 0.375 e. The first-order chi connectivity index (χ1) is 13.1. The van der Waals surface area contributed by atoms with E-state index in [1.54, 1.807) is 0 Å². The molecule has 0 aromatic carbocycles. The Morgan fingerprint density at radius 1 is 1.44 bits per heavy atom. The fourth-order valence-corrected chi connectivity index (χ4v) is 3.22. The zero-order valence-electron chi connectivity index (χ0n) is 17.2. The second kappa shape index (κ2) is 11.6. The monoisotopic (exact) mass is 373 g/mol. The molecule has 1 unspecified atom stereocenters. The lowest BCUT2D eigenvalue weighted by molar-refractivity contribution is 0.0529. The number of nitrogens with zero attached hydrogens (tertiary/aromatic N) is 4. The first-order valence-corrected chi connectivity index (χ1v) is 9.98. The number of hydrogen-bond donors (Lipinski definition) is 1. The molecule has 0 amide bonds. The van der Waals surface area contributed by atoms with E-state index in [-0.39, 0.29) is 6.10 Å². The number of ether oxygens (including phenoxy) is 1. The average molecular weight is 374 g/mol. The van der Waals surface area contributed by atoms with Crippen LogP contribution in [0.1, 0.15) is 38.2 Å². The van der Waals surface area contributed by atoms with Crippen molar-refractivity contribution in [1.82, 2.24) is 15.2 Å². The Labute approximate surface area is 164 Å². The molecule has 2 heterocycles. The third-order valence-electron chi connectivity index (χ3n) is 4.80. The molecule has 150 valence electrons. The molecule has 6 nitrogen and oxygen atoms in total. The molecule has 0 spiro atoms. The lowest BCUT2D eigenvalue weighted by atomic mass is 10.2. The molecule has 1 aliphatic rings. The van der Waals surface area contributed by atoms with Crippen molar-refractivity contribution in [3.05, 3.63) is 36.5 Å². The van der Waals surface area contributed by atoms with Crippen molar-refractivity contribution in [2.45, 2.75) is 45.3 Å². The highest BCUT2D eigenvalue weighted by Crippen LogP contribution is 2.15. The van der Waals surface area contributed by atoms with E-state index in [1.807, 2.05) is 19.3 Å². The first-order valence-electron chi connectivity index (χ1n) is 9.98. The van der Waals surface area contributed by atoms with Gasteiger partial charge >= 0.3 is 0 Å². The van der Waals surface area contributed by atoms with Gasteiger partial charge in [0.2, 0.25) is 0 Å². The highest BCUT2D eigenvalue weighted by Gasteiger charge is 2.17. The molecule has 1 atom stereocenters. The average Bonchev–Trinajstić information content (AvgIpc) is 2.69. The summed E-state index contributed by atoms with van der Waals surface area (Å²) >= 11 is 0. The molecule has 1 aromatic rings. The van der Waals surface area contributed by atoms with Gasteiger partial charge in [0.05, 0.1) is 12.7 Å². The summed E-state index contributed by atoms with van der Waals surface area (Å²) in [7, 11) is 3.92. The minimum Gasteiger partial charge on any atom is -0.375 e. The van der Waals surface area contributed by atoms with Crippen molar-refractivity contribution in [1.29, 1.82) is 0 Å². The standard InChI is InChI=1S/C21H35N5O/c1-5-6-7-8-9-12-25(4)21(22-3)24-16-19-10-11-20(23-15-19)26-13-14-27-18(2)17-26/h5,10-11,15,18H,1,6-9,12-14,16-17H2,2-4H3,(H,22,24). The summed E-state index contributed by atoms with van der Waals surface area (Å²) in [5, 5.41) is 3.43. The number of morpholine rings is 1. The SMILES string of the molecule is C=CCCCCCN(C)C(=NC)NCc1ccc(N2CCOC(C)C2)nc1. The number of rotatable bonds is 9. The Kier molecular flexibility index (Phi) is 9.11. The molecule has 2 rings (SSSR count). The summed E-state index contributed by atoms with van der Waals surface area (Å²) in [6, 6.07) is 4.24. The van der Waals surface area contributed by atoms with Gasteiger partial charge in [0.15, 0.2) is 5.96 Å². The van der Waals surface area contributed by atoms with Gasteiger partial charge in [-0.3, -0.25) is 4.99 Å². The van der Waals surface area contributed by atoms with Crippen LogP contribution in [0.25, 0.3) is 0 Å². The summed E-state index contributed by atoms with van der Waals surface area (Å²) in [4.78, 5) is 13.5. The Morgan fingerprint density at radius 3 is 2.96 bits per heavy atom. The quantitative estimate of drug-likeness (QED) is 0.312. The normalized spacial score (nSPS) is 17.7. The number of pyridine rings is 1. The molecule has 1 saturated heterocycles. The van der Waals surface area contributed by atoms with E-state index in [0.29, 0.717) is 0 Å². The van der Waals surface area contributed by atoms with E-state index in [9.17, 15) is 0 Å². The van der Waals surface area contributed by atoms with Gasteiger partial charge in [-0.2, -0.15) is 0 Å². The van der Waals surface area contributed by atoms with Gasteiger partial charge < -0.3 is 19.9 Å². The summed E-state index contributed by atoms with van der Waals surface area (Å²) < 4.78 is 5.60. The number of aromatic nitrogens is 1. The lowest BCUT2D eigenvalue weighted by Gasteiger charge is -2.32. The van der Waals surface area contributed by atoms with Crippen molar-refractivity contribution in [3.63, 3.8) is 0 Å². The van der Waals surface area contributed by atoms with E-state index in [2.05, 4.69) is 57.8 Å². The van der Waals surface area contributed by atoms with Gasteiger partial charge in [-0.05, 0) is 37.8 Å².